The van der Waals surface area contributed by atoms with Gasteiger partial charge in [0, 0.05) is 18.4 Å². The second-order valence-electron chi connectivity index (χ2n) is 6.83. The molecule has 23 heavy (non-hydrogen) atoms. The van der Waals surface area contributed by atoms with Crippen LogP contribution >= 0.6 is 0 Å². The van der Waals surface area contributed by atoms with Gasteiger partial charge < -0.3 is 0 Å². The van der Waals surface area contributed by atoms with Crippen molar-refractivity contribution in [2.24, 2.45) is 0 Å². The Kier molecular flexibility index (Phi) is 4.12. The van der Waals surface area contributed by atoms with E-state index in [4.69, 9.17) is 4.98 Å². The first-order valence-corrected chi connectivity index (χ1v) is 8.91. The highest BCUT2D eigenvalue weighted by Gasteiger charge is 2.33. The second kappa shape index (κ2) is 6.40. The Balaban J connectivity index is 1.60. The largest absolute Gasteiger partial charge is 0.292 e. The molecule has 1 aliphatic carbocycles. The number of hydrogen-bond acceptors (Lipinski definition) is 4. The van der Waals surface area contributed by atoms with Gasteiger partial charge in [0.25, 0.3) is 0 Å². The van der Waals surface area contributed by atoms with E-state index in [0.29, 0.717) is 6.04 Å². The van der Waals surface area contributed by atoms with Gasteiger partial charge in [0.1, 0.15) is 5.82 Å². The predicted molar refractivity (Wildman–Crippen MR) is 89.4 cm³/mol. The fraction of sp³-hybridized carbons (Fsp3) is 0.611. The molecule has 2 aromatic heterocycles. The molecule has 2 aromatic rings. The van der Waals surface area contributed by atoms with Crippen molar-refractivity contribution < 1.29 is 0 Å². The zero-order valence-corrected chi connectivity index (χ0v) is 13.9. The Labute approximate surface area is 137 Å². The first-order chi connectivity index (χ1) is 11.3. The molecular weight excluding hydrogens is 286 g/mol. The van der Waals surface area contributed by atoms with Crippen molar-refractivity contribution in [3.63, 3.8) is 0 Å². The van der Waals surface area contributed by atoms with Crippen LogP contribution in [0.2, 0.25) is 0 Å². The number of likely N-dealkylation sites (tertiary alicyclic amines) is 1. The highest BCUT2D eigenvalue weighted by Crippen LogP contribution is 2.36. The van der Waals surface area contributed by atoms with Crippen molar-refractivity contribution in [3.8, 4) is 5.82 Å². The smallest absolute Gasteiger partial charge is 0.156 e. The Hall–Kier alpha value is -1.75. The molecule has 2 fully saturated rings. The summed E-state index contributed by atoms with van der Waals surface area (Å²) in [6.07, 6.45) is 16.9. The molecule has 4 rings (SSSR count). The minimum absolute atomic E-state index is 0.439. The number of nitrogens with zero attached hydrogens (tertiary/aromatic N) is 5. The molecule has 0 amide bonds. The third-order valence-corrected chi connectivity index (χ3v) is 5.39. The van der Waals surface area contributed by atoms with Gasteiger partial charge in [-0.2, -0.15) is 0 Å². The molecule has 0 bridgehead atoms. The van der Waals surface area contributed by atoms with E-state index < -0.39 is 0 Å². The number of rotatable bonds is 3. The van der Waals surface area contributed by atoms with Crippen LogP contribution in [0.1, 0.15) is 62.5 Å². The van der Waals surface area contributed by atoms with Gasteiger partial charge in [0.15, 0.2) is 5.82 Å². The average molecular weight is 311 g/mol. The summed E-state index contributed by atoms with van der Waals surface area (Å²) < 4.78 is 2.01. The summed E-state index contributed by atoms with van der Waals surface area (Å²) in [5.74, 6) is 1.83. The molecule has 0 spiro atoms. The highest BCUT2D eigenvalue weighted by molar-refractivity contribution is 5.23. The van der Waals surface area contributed by atoms with Gasteiger partial charge >= 0.3 is 0 Å². The average Bonchev–Trinajstić information content (AvgIpc) is 3.25. The number of hydrogen-bond donors (Lipinski definition) is 0. The minimum atomic E-state index is 0.439. The number of aryl methyl sites for hydroxylation is 1. The third-order valence-electron chi connectivity index (χ3n) is 5.39. The highest BCUT2D eigenvalue weighted by atomic mass is 15.2. The van der Waals surface area contributed by atoms with Crippen molar-refractivity contribution in [2.45, 2.75) is 64.0 Å². The van der Waals surface area contributed by atoms with Crippen molar-refractivity contribution in [1.29, 1.82) is 0 Å². The van der Waals surface area contributed by atoms with Gasteiger partial charge in [-0.05, 0) is 39.2 Å². The first kappa shape index (κ1) is 14.8. The van der Waals surface area contributed by atoms with Crippen LogP contribution in [0.5, 0.6) is 0 Å². The van der Waals surface area contributed by atoms with Crippen LogP contribution in [0.25, 0.3) is 5.82 Å². The lowest BCUT2D eigenvalue weighted by Crippen LogP contribution is -2.36. The van der Waals surface area contributed by atoms with E-state index in [0.717, 1.165) is 23.4 Å². The zero-order chi connectivity index (χ0) is 15.6. The normalized spacial score (nSPS) is 23.4. The van der Waals surface area contributed by atoms with Gasteiger partial charge in [0.05, 0.1) is 24.1 Å². The molecule has 0 aromatic carbocycles. The molecule has 1 saturated carbocycles. The fourth-order valence-corrected chi connectivity index (χ4v) is 4.22. The molecule has 3 heterocycles. The van der Waals surface area contributed by atoms with Crippen LogP contribution in [-0.2, 0) is 0 Å². The molecule has 0 N–H and O–H groups in total. The third kappa shape index (κ3) is 2.90. The van der Waals surface area contributed by atoms with E-state index in [-0.39, 0.29) is 0 Å². The Bertz CT molecular complexity index is 659. The van der Waals surface area contributed by atoms with Gasteiger partial charge in [-0.1, -0.05) is 19.3 Å². The van der Waals surface area contributed by atoms with E-state index >= 15 is 0 Å². The van der Waals surface area contributed by atoms with E-state index in [1.165, 1.54) is 51.5 Å². The van der Waals surface area contributed by atoms with Crippen molar-refractivity contribution in [1.82, 2.24) is 24.4 Å². The topological polar surface area (TPSA) is 46.8 Å². The monoisotopic (exact) mass is 311 g/mol. The minimum Gasteiger partial charge on any atom is -0.292 e. The van der Waals surface area contributed by atoms with Gasteiger partial charge in [-0.25, -0.2) is 9.97 Å². The van der Waals surface area contributed by atoms with E-state index in [1.54, 1.807) is 0 Å². The molecular formula is C18H25N5. The summed E-state index contributed by atoms with van der Waals surface area (Å²) >= 11 is 0. The van der Waals surface area contributed by atoms with Crippen LogP contribution < -0.4 is 0 Å². The number of imidazole rings is 1. The zero-order valence-electron chi connectivity index (χ0n) is 13.9. The van der Waals surface area contributed by atoms with Gasteiger partial charge in [-0.15, -0.1) is 0 Å². The Morgan fingerprint density at radius 1 is 1.04 bits per heavy atom. The molecule has 2 aliphatic rings. The standard InChI is InChI=1S/C18H25N5/c1-14-20-9-11-22(14)18-13-19-12-16(21-18)17-8-5-10-23(17)15-6-3-2-4-7-15/h9,11-13,15,17H,2-8,10H2,1H3. The van der Waals surface area contributed by atoms with Crippen LogP contribution in [0.15, 0.2) is 24.8 Å². The summed E-state index contributed by atoms with van der Waals surface area (Å²) in [7, 11) is 0. The summed E-state index contributed by atoms with van der Waals surface area (Å²) in [6, 6.07) is 1.19. The van der Waals surface area contributed by atoms with Gasteiger partial charge in [-0.3, -0.25) is 14.5 Å². The summed E-state index contributed by atoms with van der Waals surface area (Å²) in [4.78, 5) is 16.4. The summed E-state index contributed by atoms with van der Waals surface area (Å²) in [5, 5.41) is 0. The van der Waals surface area contributed by atoms with Crippen molar-refractivity contribution >= 4 is 0 Å². The van der Waals surface area contributed by atoms with E-state index in [9.17, 15) is 0 Å². The second-order valence-corrected chi connectivity index (χ2v) is 6.83. The molecule has 1 atom stereocenters. The van der Waals surface area contributed by atoms with Crippen LogP contribution in [0.3, 0.4) is 0 Å². The maximum Gasteiger partial charge on any atom is 0.156 e. The molecule has 0 radical (unpaired) electrons. The molecule has 5 heteroatoms. The SMILES string of the molecule is Cc1nccn1-c1cncc(C2CCCN2C2CCCCC2)n1. The van der Waals surface area contributed by atoms with Crippen LogP contribution in [-0.4, -0.2) is 37.0 Å². The quantitative estimate of drug-likeness (QED) is 0.871. The molecule has 122 valence electrons. The lowest BCUT2D eigenvalue weighted by atomic mass is 9.93. The summed E-state index contributed by atoms with van der Waals surface area (Å²) in [6.45, 7) is 3.21. The van der Waals surface area contributed by atoms with Crippen molar-refractivity contribution in [2.75, 3.05) is 6.54 Å². The van der Waals surface area contributed by atoms with E-state index in [1.807, 2.05) is 36.3 Å². The van der Waals surface area contributed by atoms with Crippen LogP contribution in [0, 0.1) is 6.92 Å². The first-order valence-electron chi connectivity index (χ1n) is 8.91. The summed E-state index contributed by atoms with van der Waals surface area (Å²) in [5.41, 5.74) is 1.12. The lowest BCUT2D eigenvalue weighted by molar-refractivity contribution is 0.140. The fourth-order valence-electron chi connectivity index (χ4n) is 4.22. The maximum atomic E-state index is 4.92. The molecule has 1 unspecified atom stereocenters. The Morgan fingerprint density at radius 2 is 1.91 bits per heavy atom. The van der Waals surface area contributed by atoms with Crippen LogP contribution in [0.4, 0.5) is 0 Å². The predicted octanol–water partition coefficient (Wildman–Crippen LogP) is 3.44. The van der Waals surface area contributed by atoms with Crippen molar-refractivity contribution in [3.05, 3.63) is 36.3 Å². The molecule has 1 saturated heterocycles. The molecule has 5 nitrogen and oxygen atoms in total. The van der Waals surface area contributed by atoms with Gasteiger partial charge in [0.2, 0.25) is 0 Å². The number of aromatic nitrogens is 4. The Morgan fingerprint density at radius 3 is 2.70 bits per heavy atom. The molecule has 1 aliphatic heterocycles. The maximum absolute atomic E-state index is 4.92. The lowest BCUT2D eigenvalue weighted by Gasteiger charge is -2.35. The van der Waals surface area contributed by atoms with E-state index in [2.05, 4.69) is 14.9 Å².